The van der Waals surface area contributed by atoms with Gasteiger partial charge in [-0.25, -0.2) is 13.6 Å². The van der Waals surface area contributed by atoms with Crippen molar-refractivity contribution in [2.75, 3.05) is 13.1 Å². The zero-order valence-electron chi connectivity index (χ0n) is 14.3. The van der Waals surface area contributed by atoms with Gasteiger partial charge in [0.1, 0.15) is 22.2 Å². The molecule has 0 saturated carbocycles. The van der Waals surface area contributed by atoms with E-state index in [0.29, 0.717) is 28.5 Å². The summed E-state index contributed by atoms with van der Waals surface area (Å²) in [7, 11) is 0. The largest absolute Gasteiger partial charge is 0.444 e. The Morgan fingerprint density at radius 3 is 2.76 bits per heavy atom. The summed E-state index contributed by atoms with van der Waals surface area (Å²) in [4.78, 5) is 13.5. The molecule has 0 unspecified atom stereocenters. The number of carbonyl (C=O) groups excluding carboxylic acids is 1. The van der Waals surface area contributed by atoms with Gasteiger partial charge in [-0.05, 0) is 61.3 Å². The molecule has 1 aromatic heterocycles. The predicted octanol–water partition coefficient (Wildman–Crippen LogP) is 4.46. The number of hydrogen-bond donors (Lipinski definition) is 0. The first-order chi connectivity index (χ1) is 11.7. The zero-order valence-corrected chi connectivity index (χ0v) is 15.9. The number of aromatic nitrogens is 2. The Hall–Kier alpha value is -1.70. The highest BCUT2D eigenvalue weighted by molar-refractivity contribution is 9.10. The molecule has 0 spiro atoms. The van der Waals surface area contributed by atoms with Gasteiger partial charge in [-0.1, -0.05) is 0 Å². The molecule has 25 heavy (non-hydrogen) atoms. The Morgan fingerprint density at radius 1 is 1.40 bits per heavy atom. The summed E-state index contributed by atoms with van der Waals surface area (Å²) < 4.78 is 35.6. The third-order valence-corrected chi connectivity index (χ3v) is 4.68. The molecule has 1 aliphatic heterocycles. The van der Waals surface area contributed by atoms with Crippen LogP contribution in [0.15, 0.2) is 22.8 Å². The second-order valence-corrected chi connectivity index (χ2v) is 7.95. The van der Waals surface area contributed by atoms with E-state index in [-0.39, 0.29) is 12.4 Å². The Bertz CT molecular complexity index is 803. The van der Waals surface area contributed by atoms with Gasteiger partial charge in [-0.3, -0.25) is 4.68 Å². The van der Waals surface area contributed by atoms with Crippen LogP contribution in [0.3, 0.4) is 0 Å². The first kappa shape index (κ1) is 18.1. The van der Waals surface area contributed by atoms with Crippen molar-refractivity contribution in [2.45, 2.75) is 45.0 Å². The highest BCUT2D eigenvalue weighted by Gasteiger charge is 2.36. The molecule has 8 heteroatoms. The molecule has 5 nitrogen and oxygen atoms in total. The van der Waals surface area contributed by atoms with E-state index in [2.05, 4.69) is 21.0 Å². The van der Waals surface area contributed by atoms with Gasteiger partial charge in [0, 0.05) is 11.9 Å². The number of amides is 1. The molecule has 3 rings (SSSR count). The molecule has 1 aliphatic rings. The molecule has 2 atom stereocenters. The summed E-state index contributed by atoms with van der Waals surface area (Å²) in [6.45, 7) is 5.64. The fourth-order valence-electron chi connectivity index (χ4n) is 2.99. The fraction of sp³-hybridized carbons (Fsp3) is 0.529. The monoisotopic (exact) mass is 415 g/mol. The molecule has 2 aromatic rings. The van der Waals surface area contributed by atoms with Crippen LogP contribution in [0.25, 0.3) is 10.9 Å². The minimum atomic E-state index is -1.29. The maximum atomic E-state index is 14.8. The third-order valence-electron chi connectivity index (χ3n) is 4.10. The second kappa shape index (κ2) is 6.55. The summed E-state index contributed by atoms with van der Waals surface area (Å²) in [5, 5.41) is 4.93. The van der Waals surface area contributed by atoms with E-state index in [1.807, 2.05) is 0 Å². The topological polar surface area (TPSA) is 47.4 Å². The Morgan fingerprint density at radius 2 is 2.12 bits per heavy atom. The fourth-order valence-corrected chi connectivity index (χ4v) is 3.48. The summed E-state index contributed by atoms with van der Waals surface area (Å²) >= 11 is 3.30. The van der Waals surface area contributed by atoms with Gasteiger partial charge in [-0.15, -0.1) is 0 Å². The molecular weight excluding hydrogens is 396 g/mol. The number of piperidine rings is 1. The first-order valence-corrected chi connectivity index (χ1v) is 8.90. The van der Waals surface area contributed by atoms with Crippen molar-refractivity contribution in [3.8, 4) is 0 Å². The Labute approximate surface area is 153 Å². The lowest BCUT2D eigenvalue weighted by Crippen LogP contribution is -2.47. The number of rotatable bonds is 1. The van der Waals surface area contributed by atoms with Crippen LogP contribution in [0.4, 0.5) is 13.6 Å². The maximum absolute atomic E-state index is 14.8. The van der Waals surface area contributed by atoms with Crippen LogP contribution in [-0.4, -0.2) is 45.6 Å². The van der Waals surface area contributed by atoms with E-state index in [9.17, 15) is 13.6 Å². The predicted molar refractivity (Wildman–Crippen MR) is 93.7 cm³/mol. The number of carbonyl (C=O) groups is 1. The van der Waals surface area contributed by atoms with Gasteiger partial charge < -0.3 is 9.64 Å². The van der Waals surface area contributed by atoms with Crippen LogP contribution in [0.5, 0.6) is 0 Å². The van der Waals surface area contributed by atoms with Crippen molar-refractivity contribution in [3.05, 3.63) is 28.6 Å². The molecule has 1 saturated heterocycles. The molecule has 136 valence electrons. The number of nitrogens with zero attached hydrogens (tertiary/aromatic N) is 3. The summed E-state index contributed by atoms with van der Waals surface area (Å²) in [6.07, 6.45) is -1.40. The van der Waals surface area contributed by atoms with Gasteiger partial charge in [-0.2, -0.15) is 5.10 Å². The van der Waals surface area contributed by atoms with Crippen molar-refractivity contribution < 1.29 is 18.3 Å². The molecular formula is C17H20BrF2N3O2. The number of halogens is 3. The molecule has 1 amide bonds. The number of likely N-dealkylation sites (tertiary alicyclic amines) is 1. The lowest BCUT2D eigenvalue weighted by Gasteiger charge is -2.35. The van der Waals surface area contributed by atoms with Crippen molar-refractivity contribution in [1.82, 2.24) is 14.7 Å². The third kappa shape index (κ3) is 3.78. The maximum Gasteiger partial charge on any atom is 0.410 e. The average molecular weight is 416 g/mol. The van der Waals surface area contributed by atoms with Gasteiger partial charge >= 0.3 is 6.09 Å². The quantitative estimate of drug-likeness (QED) is 0.690. The van der Waals surface area contributed by atoms with E-state index in [1.54, 1.807) is 31.5 Å². The normalized spacial score (nSPS) is 21.6. The Balaban J connectivity index is 1.79. The number of ether oxygens (including phenoxy) is 1. The highest BCUT2D eigenvalue weighted by Crippen LogP contribution is 2.32. The van der Waals surface area contributed by atoms with Crippen molar-refractivity contribution >= 4 is 32.9 Å². The van der Waals surface area contributed by atoms with Crippen molar-refractivity contribution in [1.29, 1.82) is 0 Å². The Kier molecular flexibility index (Phi) is 4.74. The van der Waals surface area contributed by atoms with Crippen LogP contribution in [0, 0.1) is 5.82 Å². The summed E-state index contributed by atoms with van der Waals surface area (Å²) in [5.74, 6) is -0.371. The first-order valence-electron chi connectivity index (χ1n) is 8.11. The second-order valence-electron chi connectivity index (χ2n) is 7.20. The number of fused-ring (bicyclic) bond motifs is 1. The SMILES string of the molecule is CC(C)(C)OC(=O)N1CC[C@H](n2nc(Br)c3cc(F)ccc32)[C@H](F)C1. The van der Waals surface area contributed by atoms with Crippen LogP contribution < -0.4 is 0 Å². The van der Waals surface area contributed by atoms with Gasteiger partial charge in [0.05, 0.1) is 18.1 Å². The summed E-state index contributed by atoms with van der Waals surface area (Å²) in [6, 6.07) is 3.77. The summed E-state index contributed by atoms with van der Waals surface area (Å²) in [5.41, 5.74) is 0.0407. The van der Waals surface area contributed by atoms with E-state index in [1.165, 1.54) is 17.0 Å². The molecule has 0 aliphatic carbocycles. The van der Waals surface area contributed by atoms with Gasteiger partial charge in [0.25, 0.3) is 0 Å². The number of hydrogen-bond acceptors (Lipinski definition) is 3. The molecule has 0 radical (unpaired) electrons. The van der Waals surface area contributed by atoms with E-state index >= 15 is 0 Å². The lowest BCUT2D eigenvalue weighted by molar-refractivity contribution is 0.00611. The lowest BCUT2D eigenvalue weighted by atomic mass is 10.0. The van der Waals surface area contributed by atoms with Crippen LogP contribution >= 0.6 is 15.9 Å². The molecule has 2 heterocycles. The average Bonchev–Trinajstić information content (AvgIpc) is 2.82. The number of alkyl halides is 1. The highest BCUT2D eigenvalue weighted by atomic mass is 79.9. The molecule has 1 fully saturated rings. The van der Waals surface area contributed by atoms with Crippen molar-refractivity contribution in [3.63, 3.8) is 0 Å². The van der Waals surface area contributed by atoms with Gasteiger partial charge in [0.2, 0.25) is 0 Å². The minimum absolute atomic E-state index is 0.0558. The molecule has 1 aromatic carbocycles. The van der Waals surface area contributed by atoms with E-state index in [4.69, 9.17) is 4.74 Å². The smallest absolute Gasteiger partial charge is 0.410 e. The zero-order chi connectivity index (χ0) is 18.4. The van der Waals surface area contributed by atoms with Crippen LogP contribution in [0.2, 0.25) is 0 Å². The van der Waals surface area contributed by atoms with Crippen LogP contribution in [-0.2, 0) is 4.74 Å². The van der Waals surface area contributed by atoms with E-state index in [0.717, 1.165) is 0 Å². The van der Waals surface area contributed by atoms with Crippen LogP contribution in [0.1, 0.15) is 33.2 Å². The molecule has 0 N–H and O–H groups in total. The number of benzene rings is 1. The standard InChI is InChI=1S/C17H20BrF2N3O2/c1-17(2,3)25-16(24)22-7-6-14(12(20)9-22)23-13-5-4-10(19)8-11(13)15(18)21-23/h4-5,8,12,14H,6-7,9H2,1-3H3/t12-,14+/m1/s1. The molecule has 0 bridgehead atoms. The van der Waals surface area contributed by atoms with Crippen molar-refractivity contribution in [2.24, 2.45) is 0 Å². The van der Waals surface area contributed by atoms with Gasteiger partial charge in [0.15, 0.2) is 0 Å². The minimum Gasteiger partial charge on any atom is -0.444 e. The van der Waals surface area contributed by atoms with E-state index < -0.39 is 23.9 Å².